The monoisotopic (exact) mass is 273 g/mol. The third-order valence-electron chi connectivity index (χ3n) is 3.05. The van der Waals surface area contributed by atoms with Crippen molar-refractivity contribution in [3.63, 3.8) is 0 Å². The molecule has 17 heavy (non-hydrogen) atoms. The number of hydrogen-bond donors (Lipinski definition) is 2. The van der Waals surface area contributed by atoms with Gasteiger partial charge in [-0.05, 0) is 31.4 Å². The maximum Gasteiger partial charge on any atom is 0.254 e. The molecule has 0 bridgehead atoms. The van der Waals surface area contributed by atoms with Crippen LogP contribution in [0, 0.1) is 0 Å². The van der Waals surface area contributed by atoms with Gasteiger partial charge in [-0.25, -0.2) is 0 Å². The molecule has 1 fully saturated rings. The van der Waals surface area contributed by atoms with Crippen LogP contribution >= 0.6 is 23.2 Å². The standard InChI is InChI=1S/C12H13Cl2NO2/c13-8-3-1-4-9(14)10(8)11(16)15-7-12(17)5-2-6-12/h1,3-4,17H,2,5-7H2,(H,15,16). The molecule has 92 valence electrons. The molecule has 0 spiro atoms. The third kappa shape index (κ3) is 2.73. The molecule has 1 aromatic carbocycles. The lowest BCUT2D eigenvalue weighted by Crippen LogP contribution is -2.47. The Hall–Kier alpha value is -0.770. The maximum absolute atomic E-state index is 11.9. The molecule has 0 unspecified atom stereocenters. The van der Waals surface area contributed by atoms with E-state index in [-0.39, 0.29) is 18.0 Å². The van der Waals surface area contributed by atoms with Gasteiger partial charge in [0.1, 0.15) is 0 Å². The van der Waals surface area contributed by atoms with Crippen LogP contribution in [-0.4, -0.2) is 23.2 Å². The second-order valence-corrected chi connectivity index (χ2v) is 5.17. The van der Waals surface area contributed by atoms with Gasteiger partial charge in [-0.15, -0.1) is 0 Å². The molecule has 2 rings (SSSR count). The van der Waals surface area contributed by atoms with Crippen molar-refractivity contribution >= 4 is 29.1 Å². The molecule has 1 aliphatic carbocycles. The van der Waals surface area contributed by atoms with Crippen LogP contribution in [0.25, 0.3) is 0 Å². The number of nitrogens with one attached hydrogen (secondary N) is 1. The lowest BCUT2D eigenvalue weighted by atomic mass is 9.80. The molecule has 0 atom stereocenters. The number of aliphatic hydroxyl groups is 1. The van der Waals surface area contributed by atoms with Crippen molar-refractivity contribution in [1.29, 1.82) is 0 Å². The predicted molar refractivity (Wildman–Crippen MR) is 67.6 cm³/mol. The summed E-state index contributed by atoms with van der Waals surface area (Å²) in [7, 11) is 0. The van der Waals surface area contributed by atoms with E-state index in [1.54, 1.807) is 18.2 Å². The first kappa shape index (κ1) is 12.7. The second-order valence-electron chi connectivity index (χ2n) is 4.36. The van der Waals surface area contributed by atoms with Gasteiger partial charge in [0.05, 0.1) is 21.2 Å². The van der Waals surface area contributed by atoms with Crippen LogP contribution in [0.3, 0.4) is 0 Å². The van der Waals surface area contributed by atoms with E-state index in [2.05, 4.69) is 5.32 Å². The molecule has 0 aliphatic heterocycles. The van der Waals surface area contributed by atoms with Gasteiger partial charge in [0.2, 0.25) is 0 Å². The first-order valence-electron chi connectivity index (χ1n) is 5.46. The van der Waals surface area contributed by atoms with Crippen molar-refractivity contribution in [1.82, 2.24) is 5.32 Å². The van der Waals surface area contributed by atoms with E-state index in [0.717, 1.165) is 19.3 Å². The number of carbonyl (C=O) groups excluding carboxylic acids is 1. The quantitative estimate of drug-likeness (QED) is 0.890. The average molecular weight is 274 g/mol. The number of halogens is 2. The fourth-order valence-electron chi connectivity index (χ4n) is 1.81. The van der Waals surface area contributed by atoms with Gasteiger partial charge in [0.25, 0.3) is 5.91 Å². The van der Waals surface area contributed by atoms with Crippen LogP contribution in [0.1, 0.15) is 29.6 Å². The van der Waals surface area contributed by atoms with Crippen LogP contribution < -0.4 is 5.32 Å². The summed E-state index contributed by atoms with van der Waals surface area (Å²) in [6, 6.07) is 4.90. The Morgan fingerprint density at radius 1 is 1.35 bits per heavy atom. The predicted octanol–water partition coefficient (Wildman–Crippen LogP) is 2.64. The molecule has 2 N–H and O–H groups in total. The first-order valence-corrected chi connectivity index (χ1v) is 6.22. The van der Waals surface area contributed by atoms with E-state index >= 15 is 0 Å². The fourth-order valence-corrected chi connectivity index (χ4v) is 2.38. The summed E-state index contributed by atoms with van der Waals surface area (Å²) in [6.45, 7) is 0.243. The molecule has 1 amide bonds. The van der Waals surface area contributed by atoms with E-state index in [1.807, 2.05) is 0 Å². The first-order chi connectivity index (χ1) is 8.02. The SMILES string of the molecule is O=C(NCC1(O)CCC1)c1c(Cl)cccc1Cl. The van der Waals surface area contributed by atoms with Crippen LogP contribution in [0.15, 0.2) is 18.2 Å². The van der Waals surface area contributed by atoms with Gasteiger partial charge in [-0.2, -0.15) is 0 Å². The molecule has 5 heteroatoms. The molecule has 1 aliphatic rings. The Bertz CT molecular complexity index is 424. The van der Waals surface area contributed by atoms with Gasteiger partial charge < -0.3 is 10.4 Å². The minimum Gasteiger partial charge on any atom is -0.388 e. The van der Waals surface area contributed by atoms with E-state index in [4.69, 9.17) is 23.2 Å². The highest BCUT2D eigenvalue weighted by Crippen LogP contribution is 2.31. The normalized spacial score (nSPS) is 17.4. The summed E-state index contributed by atoms with van der Waals surface area (Å²) in [6.07, 6.45) is 2.45. The van der Waals surface area contributed by atoms with Gasteiger partial charge in [0, 0.05) is 6.54 Å². The van der Waals surface area contributed by atoms with Crippen LogP contribution in [0.4, 0.5) is 0 Å². The van der Waals surface area contributed by atoms with Gasteiger partial charge in [-0.1, -0.05) is 29.3 Å². The van der Waals surface area contributed by atoms with E-state index < -0.39 is 5.60 Å². The molecule has 3 nitrogen and oxygen atoms in total. The van der Waals surface area contributed by atoms with Gasteiger partial charge >= 0.3 is 0 Å². The summed E-state index contributed by atoms with van der Waals surface area (Å²) in [5.41, 5.74) is -0.484. The topological polar surface area (TPSA) is 49.3 Å². The average Bonchev–Trinajstić information content (AvgIpc) is 2.23. The molecule has 0 radical (unpaired) electrons. The van der Waals surface area contributed by atoms with Crippen molar-refractivity contribution in [3.8, 4) is 0 Å². The lowest BCUT2D eigenvalue weighted by molar-refractivity contribution is -0.0300. The summed E-state index contributed by atoms with van der Waals surface area (Å²) >= 11 is 11.8. The number of benzene rings is 1. The smallest absolute Gasteiger partial charge is 0.254 e. The largest absolute Gasteiger partial charge is 0.388 e. The Balaban J connectivity index is 2.04. The number of hydrogen-bond acceptors (Lipinski definition) is 2. The molecule has 0 aromatic heterocycles. The van der Waals surface area contributed by atoms with Crippen molar-refractivity contribution < 1.29 is 9.90 Å². The maximum atomic E-state index is 11.9. The number of carbonyl (C=O) groups is 1. The molecule has 0 heterocycles. The lowest BCUT2D eigenvalue weighted by Gasteiger charge is -2.36. The highest BCUT2D eigenvalue weighted by Gasteiger charge is 2.34. The van der Waals surface area contributed by atoms with Crippen molar-refractivity contribution in [2.24, 2.45) is 0 Å². The van der Waals surface area contributed by atoms with Crippen LogP contribution in [0.5, 0.6) is 0 Å². The van der Waals surface area contributed by atoms with Crippen molar-refractivity contribution in [2.45, 2.75) is 24.9 Å². The highest BCUT2D eigenvalue weighted by atomic mass is 35.5. The zero-order chi connectivity index (χ0) is 12.5. The Labute approximate surface area is 110 Å². The Kier molecular flexibility index (Phi) is 3.61. The zero-order valence-electron chi connectivity index (χ0n) is 9.17. The van der Waals surface area contributed by atoms with Crippen LogP contribution in [-0.2, 0) is 0 Å². The Morgan fingerprint density at radius 2 is 1.94 bits per heavy atom. The molecule has 0 saturated heterocycles. The van der Waals surface area contributed by atoms with Crippen molar-refractivity contribution in [3.05, 3.63) is 33.8 Å². The number of rotatable bonds is 3. The fraction of sp³-hybridized carbons (Fsp3) is 0.417. The van der Waals surface area contributed by atoms with Crippen LogP contribution in [0.2, 0.25) is 10.0 Å². The van der Waals surface area contributed by atoms with E-state index in [0.29, 0.717) is 10.0 Å². The van der Waals surface area contributed by atoms with Gasteiger partial charge in [-0.3, -0.25) is 4.79 Å². The molecule has 1 saturated carbocycles. The highest BCUT2D eigenvalue weighted by molar-refractivity contribution is 6.39. The van der Waals surface area contributed by atoms with Crippen molar-refractivity contribution in [2.75, 3.05) is 6.54 Å². The van der Waals surface area contributed by atoms with E-state index in [1.165, 1.54) is 0 Å². The third-order valence-corrected chi connectivity index (χ3v) is 3.68. The molecular formula is C12H13Cl2NO2. The second kappa shape index (κ2) is 4.84. The van der Waals surface area contributed by atoms with E-state index in [9.17, 15) is 9.90 Å². The molecule has 1 aromatic rings. The summed E-state index contributed by atoms with van der Waals surface area (Å²) < 4.78 is 0. The molecular weight excluding hydrogens is 261 g/mol. The summed E-state index contributed by atoms with van der Waals surface area (Å²) in [4.78, 5) is 11.9. The minimum absolute atomic E-state index is 0.243. The zero-order valence-corrected chi connectivity index (χ0v) is 10.7. The summed E-state index contributed by atoms with van der Waals surface area (Å²) in [5.74, 6) is -0.346. The number of amides is 1. The van der Waals surface area contributed by atoms with Gasteiger partial charge in [0.15, 0.2) is 0 Å². The Morgan fingerprint density at radius 3 is 2.41 bits per heavy atom. The minimum atomic E-state index is -0.747. The summed E-state index contributed by atoms with van der Waals surface area (Å²) in [5, 5.41) is 13.2.